The van der Waals surface area contributed by atoms with Crippen LogP contribution in [-0.2, 0) is 16.1 Å². The Morgan fingerprint density at radius 3 is 2.41 bits per heavy atom. The maximum Gasteiger partial charge on any atom is 0.185 e. The lowest BCUT2D eigenvalue weighted by Gasteiger charge is -2.43. The highest BCUT2D eigenvalue weighted by atomic mass is 32.2. The first-order chi connectivity index (χ1) is 16.7. The number of aromatic amines is 1. The van der Waals surface area contributed by atoms with E-state index in [1.165, 1.54) is 6.33 Å². The number of aromatic nitrogens is 3. The fourth-order valence-corrected chi connectivity index (χ4v) is 5.13. The van der Waals surface area contributed by atoms with Crippen molar-refractivity contribution >= 4 is 17.4 Å². The number of hydrogen-bond donors (Lipinski definition) is 3. The van der Waals surface area contributed by atoms with Crippen LogP contribution in [0.25, 0.3) is 0 Å². The molecule has 0 aliphatic carbocycles. The van der Waals surface area contributed by atoms with Crippen LogP contribution in [0.1, 0.15) is 40.6 Å². The van der Waals surface area contributed by atoms with Crippen LogP contribution >= 0.6 is 11.8 Å². The molecular formula is C26H26N4O3S. The number of aliphatic hydroxyl groups is 1. The van der Waals surface area contributed by atoms with Gasteiger partial charge in [0.25, 0.3) is 0 Å². The van der Waals surface area contributed by atoms with Gasteiger partial charge in [0.15, 0.2) is 11.4 Å². The van der Waals surface area contributed by atoms with Gasteiger partial charge in [-0.15, -0.1) is 0 Å². The Labute approximate surface area is 202 Å². The minimum atomic E-state index is -0.577. The second kappa shape index (κ2) is 10.4. The van der Waals surface area contributed by atoms with E-state index < -0.39 is 6.29 Å². The van der Waals surface area contributed by atoms with E-state index >= 15 is 0 Å². The molecular weight excluding hydrogens is 448 g/mol. The molecule has 7 nitrogen and oxygen atoms in total. The highest BCUT2D eigenvalue weighted by molar-refractivity contribution is 7.99. The van der Waals surface area contributed by atoms with Gasteiger partial charge in [0, 0.05) is 22.9 Å². The summed E-state index contributed by atoms with van der Waals surface area (Å²) < 4.78 is 13.2. The van der Waals surface area contributed by atoms with E-state index in [0.717, 1.165) is 27.4 Å². The van der Waals surface area contributed by atoms with Crippen LogP contribution in [0.2, 0.25) is 0 Å². The van der Waals surface area contributed by atoms with Gasteiger partial charge in [-0.2, -0.15) is 5.10 Å². The molecule has 0 amide bonds. The molecule has 174 valence electrons. The predicted molar refractivity (Wildman–Crippen MR) is 131 cm³/mol. The molecule has 1 aromatic heterocycles. The van der Waals surface area contributed by atoms with E-state index in [2.05, 4.69) is 27.3 Å². The number of thioether (sulfide) groups is 1. The highest BCUT2D eigenvalue weighted by Crippen LogP contribution is 2.47. The number of rotatable bonds is 7. The van der Waals surface area contributed by atoms with Gasteiger partial charge >= 0.3 is 0 Å². The Bertz CT molecular complexity index is 1190. The predicted octanol–water partition coefficient (Wildman–Crippen LogP) is 4.61. The van der Waals surface area contributed by atoms with Gasteiger partial charge < -0.3 is 20.3 Å². The first kappa shape index (κ1) is 22.6. The largest absolute Gasteiger partial charge is 0.399 e. The van der Waals surface area contributed by atoms with Gasteiger partial charge in [0.05, 0.1) is 18.8 Å². The average Bonchev–Trinajstić information content (AvgIpc) is 3.41. The third-order valence-corrected chi connectivity index (χ3v) is 6.90. The number of anilines is 1. The number of hydrogen-bond acceptors (Lipinski definition) is 7. The SMILES string of the molecule is Nc1cccc(C2OC(CSc3ncn[nH]3)C(c3ccccc3)C(c3ccc(CO)cc3)O2)c1. The van der Waals surface area contributed by atoms with Gasteiger partial charge in [-0.05, 0) is 28.8 Å². The second-order valence-corrected chi connectivity index (χ2v) is 9.18. The first-order valence-corrected chi connectivity index (χ1v) is 12.1. The van der Waals surface area contributed by atoms with E-state index in [0.29, 0.717) is 11.4 Å². The third-order valence-electron chi connectivity index (χ3n) is 5.93. The summed E-state index contributed by atoms with van der Waals surface area (Å²) in [5.41, 5.74) is 10.6. The Hall–Kier alpha value is -3.17. The van der Waals surface area contributed by atoms with Crippen molar-refractivity contribution in [2.24, 2.45) is 0 Å². The van der Waals surface area contributed by atoms with Crippen LogP contribution in [-0.4, -0.2) is 32.1 Å². The lowest BCUT2D eigenvalue weighted by atomic mass is 9.84. The van der Waals surface area contributed by atoms with Crippen LogP contribution in [0.4, 0.5) is 5.69 Å². The fourth-order valence-electron chi connectivity index (χ4n) is 4.28. The number of nitrogens with two attached hydrogens (primary N) is 1. The highest BCUT2D eigenvalue weighted by Gasteiger charge is 2.42. The summed E-state index contributed by atoms with van der Waals surface area (Å²) in [5.74, 6) is 0.594. The van der Waals surface area contributed by atoms with Crippen molar-refractivity contribution in [3.05, 3.63) is 107 Å². The van der Waals surface area contributed by atoms with Crippen LogP contribution in [0.3, 0.4) is 0 Å². The topological polar surface area (TPSA) is 106 Å². The zero-order valence-electron chi connectivity index (χ0n) is 18.5. The number of benzene rings is 3. The quantitative estimate of drug-likeness (QED) is 0.265. The number of H-pyrrole nitrogens is 1. The molecule has 0 radical (unpaired) electrons. The molecule has 5 rings (SSSR count). The second-order valence-electron chi connectivity index (χ2n) is 8.17. The molecule has 0 spiro atoms. The normalized spacial score (nSPS) is 22.5. The molecule has 3 aromatic carbocycles. The Kier molecular flexibility index (Phi) is 6.92. The van der Waals surface area contributed by atoms with Crippen molar-refractivity contribution in [1.82, 2.24) is 15.2 Å². The molecule has 4 aromatic rings. The molecule has 4 N–H and O–H groups in total. The Balaban J connectivity index is 1.54. The van der Waals surface area contributed by atoms with Crippen LogP contribution in [0.15, 0.2) is 90.3 Å². The number of aliphatic hydroxyl groups excluding tert-OH is 1. The van der Waals surface area contributed by atoms with Crippen molar-refractivity contribution in [3.8, 4) is 0 Å². The molecule has 1 fully saturated rings. The zero-order valence-corrected chi connectivity index (χ0v) is 19.3. The lowest BCUT2D eigenvalue weighted by molar-refractivity contribution is -0.255. The summed E-state index contributed by atoms with van der Waals surface area (Å²) in [6, 6.07) is 25.8. The van der Waals surface area contributed by atoms with Gasteiger partial charge in [-0.25, -0.2) is 4.98 Å². The molecule has 0 saturated carbocycles. The first-order valence-electron chi connectivity index (χ1n) is 11.1. The Morgan fingerprint density at radius 1 is 0.912 bits per heavy atom. The molecule has 4 atom stereocenters. The zero-order chi connectivity index (χ0) is 23.3. The average molecular weight is 475 g/mol. The van der Waals surface area contributed by atoms with E-state index in [1.807, 2.05) is 66.7 Å². The van der Waals surface area contributed by atoms with Gasteiger partial charge in [0.1, 0.15) is 6.33 Å². The summed E-state index contributed by atoms with van der Waals surface area (Å²) in [6.07, 6.45) is 0.477. The maximum atomic E-state index is 9.51. The molecule has 1 aliphatic rings. The van der Waals surface area contributed by atoms with E-state index in [9.17, 15) is 5.11 Å². The van der Waals surface area contributed by atoms with Gasteiger partial charge in [-0.3, -0.25) is 5.10 Å². The van der Waals surface area contributed by atoms with E-state index in [-0.39, 0.29) is 24.7 Å². The number of nitrogens with zero attached hydrogens (tertiary/aromatic N) is 2. The summed E-state index contributed by atoms with van der Waals surface area (Å²) in [4.78, 5) is 4.25. The van der Waals surface area contributed by atoms with Crippen molar-refractivity contribution in [2.75, 3.05) is 11.5 Å². The number of nitrogens with one attached hydrogen (secondary N) is 1. The van der Waals surface area contributed by atoms with Gasteiger partial charge in [0.2, 0.25) is 0 Å². The summed E-state index contributed by atoms with van der Waals surface area (Å²) >= 11 is 1.57. The molecule has 0 bridgehead atoms. The summed E-state index contributed by atoms with van der Waals surface area (Å²) in [6.45, 7) is -0.000602. The van der Waals surface area contributed by atoms with Crippen LogP contribution < -0.4 is 5.73 Å². The lowest BCUT2D eigenvalue weighted by Crippen LogP contribution is -2.38. The molecule has 8 heteroatoms. The molecule has 1 saturated heterocycles. The molecule has 4 unspecified atom stereocenters. The van der Waals surface area contributed by atoms with Crippen molar-refractivity contribution in [1.29, 1.82) is 0 Å². The third kappa shape index (κ3) is 5.00. The van der Waals surface area contributed by atoms with E-state index in [4.69, 9.17) is 15.2 Å². The molecule has 2 heterocycles. The Morgan fingerprint density at radius 2 is 1.71 bits per heavy atom. The minimum absolute atomic E-state index is 0.000602. The smallest absolute Gasteiger partial charge is 0.185 e. The fraction of sp³-hybridized carbons (Fsp3) is 0.231. The standard InChI is InChI=1S/C26H26N4O3S/c27-21-8-4-7-20(13-21)25-32-22(15-34-26-28-16-29-30-26)23(18-5-2-1-3-6-18)24(33-25)19-11-9-17(14-31)10-12-19/h1-13,16,22-25,31H,14-15,27H2,(H,28,29,30). The maximum absolute atomic E-state index is 9.51. The van der Waals surface area contributed by atoms with Crippen molar-refractivity contribution < 1.29 is 14.6 Å². The van der Waals surface area contributed by atoms with Crippen molar-refractivity contribution in [2.45, 2.75) is 36.2 Å². The van der Waals surface area contributed by atoms with Crippen LogP contribution in [0.5, 0.6) is 0 Å². The van der Waals surface area contributed by atoms with Crippen molar-refractivity contribution in [3.63, 3.8) is 0 Å². The van der Waals surface area contributed by atoms with Gasteiger partial charge in [-0.1, -0.05) is 78.5 Å². The van der Waals surface area contributed by atoms with E-state index in [1.54, 1.807) is 11.8 Å². The molecule has 1 aliphatic heterocycles. The summed E-state index contributed by atoms with van der Waals surface area (Å²) in [7, 11) is 0. The monoisotopic (exact) mass is 474 g/mol. The number of ether oxygens (including phenoxy) is 2. The minimum Gasteiger partial charge on any atom is -0.399 e. The number of nitrogen functional groups attached to an aromatic ring is 1. The summed E-state index contributed by atoms with van der Waals surface area (Å²) in [5, 5.41) is 17.1. The van der Waals surface area contributed by atoms with Crippen LogP contribution in [0, 0.1) is 0 Å². The molecule has 34 heavy (non-hydrogen) atoms.